The molecule has 0 aliphatic rings. The summed E-state index contributed by atoms with van der Waals surface area (Å²) >= 11 is 1.30. The van der Waals surface area contributed by atoms with Crippen molar-refractivity contribution in [3.63, 3.8) is 0 Å². The summed E-state index contributed by atoms with van der Waals surface area (Å²) in [6, 6.07) is 17.5. The lowest BCUT2D eigenvalue weighted by Gasteiger charge is -2.11. The van der Waals surface area contributed by atoms with E-state index in [4.69, 9.17) is 9.84 Å². The highest BCUT2D eigenvalue weighted by atomic mass is 32.2. The van der Waals surface area contributed by atoms with Crippen molar-refractivity contribution < 1.29 is 27.9 Å². The number of H-pyrrole nitrogens is 1. The number of nitrogens with zero attached hydrogens (tertiary/aromatic N) is 1. The van der Waals surface area contributed by atoms with Crippen molar-refractivity contribution in [1.82, 2.24) is 9.97 Å². The molecule has 4 aromatic rings. The second kappa shape index (κ2) is 9.08. The smallest absolute Gasteiger partial charge is 0.335 e. The molecule has 0 radical (unpaired) electrons. The minimum Gasteiger partial charge on any atom is -0.478 e. The summed E-state index contributed by atoms with van der Waals surface area (Å²) in [4.78, 5) is 31.1. The van der Waals surface area contributed by atoms with Crippen LogP contribution in [0, 0.1) is 0 Å². The summed E-state index contributed by atoms with van der Waals surface area (Å²) in [6.45, 7) is 0. The quantitative estimate of drug-likeness (QED) is 0.279. The van der Waals surface area contributed by atoms with Gasteiger partial charge in [0.2, 0.25) is 0 Å². The fraction of sp³-hybridized carbons (Fsp3) is 0.0870. The van der Waals surface area contributed by atoms with Crippen LogP contribution >= 0.6 is 11.8 Å². The summed E-state index contributed by atoms with van der Waals surface area (Å²) < 4.78 is 29.8. The van der Waals surface area contributed by atoms with Crippen LogP contribution in [0.15, 0.2) is 76.8 Å². The largest absolute Gasteiger partial charge is 0.478 e. The van der Waals surface area contributed by atoms with Crippen LogP contribution in [0.1, 0.15) is 20.7 Å². The first-order valence-corrected chi connectivity index (χ1v) is 12.5. The highest BCUT2D eigenvalue weighted by Crippen LogP contribution is 2.30. The maximum atomic E-state index is 12.6. The number of para-hydroxylation sites is 2. The number of carbonyl (C=O) groups is 2. The van der Waals surface area contributed by atoms with Crippen molar-refractivity contribution in [3.8, 4) is 11.5 Å². The Balaban J connectivity index is 1.46. The van der Waals surface area contributed by atoms with Gasteiger partial charge < -0.3 is 14.8 Å². The Morgan fingerprint density at radius 1 is 1.03 bits per heavy atom. The first kappa shape index (κ1) is 22.6. The molecule has 0 unspecified atom stereocenters. The number of sulfone groups is 1. The number of fused-ring (bicyclic) bond motifs is 1. The molecule has 0 saturated carbocycles. The summed E-state index contributed by atoms with van der Waals surface area (Å²) in [5, 5.41) is 9.77. The van der Waals surface area contributed by atoms with Gasteiger partial charge in [0, 0.05) is 11.8 Å². The third-order valence-electron chi connectivity index (χ3n) is 4.70. The molecular weight excluding hydrogens is 464 g/mol. The van der Waals surface area contributed by atoms with E-state index in [2.05, 4.69) is 9.97 Å². The average molecular weight is 483 g/mol. The zero-order valence-corrected chi connectivity index (χ0v) is 18.9. The highest BCUT2D eigenvalue weighted by molar-refractivity contribution is 7.99. The maximum absolute atomic E-state index is 12.6. The Hall–Kier alpha value is -3.63. The first-order valence-electron chi connectivity index (χ1n) is 9.67. The highest BCUT2D eigenvalue weighted by Gasteiger charge is 2.18. The predicted molar refractivity (Wildman–Crippen MR) is 124 cm³/mol. The van der Waals surface area contributed by atoms with Gasteiger partial charge in [-0.25, -0.2) is 18.2 Å². The molecule has 0 amide bonds. The van der Waals surface area contributed by atoms with Crippen LogP contribution in [-0.4, -0.2) is 47.3 Å². The SMILES string of the molecule is CS(=O)(=O)c1cc(C(=O)O)ccc1Oc1ccc(C(=O)CSc2nc3ccccc3[nH]2)cc1. The normalized spacial score (nSPS) is 11.4. The van der Waals surface area contributed by atoms with E-state index in [1.54, 1.807) is 24.3 Å². The molecule has 0 saturated heterocycles. The van der Waals surface area contributed by atoms with Gasteiger partial charge in [0.25, 0.3) is 0 Å². The second-order valence-corrected chi connectivity index (χ2v) is 10.1. The van der Waals surface area contributed by atoms with E-state index < -0.39 is 15.8 Å². The lowest BCUT2D eigenvalue weighted by molar-refractivity contribution is 0.0696. The Bertz CT molecular complexity index is 1430. The molecule has 168 valence electrons. The zero-order valence-electron chi connectivity index (χ0n) is 17.3. The van der Waals surface area contributed by atoms with Gasteiger partial charge in [0.05, 0.1) is 22.3 Å². The van der Waals surface area contributed by atoms with Crippen molar-refractivity contribution in [2.75, 3.05) is 12.0 Å². The van der Waals surface area contributed by atoms with Crippen LogP contribution in [0.3, 0.4) is 0 Å². The fourth-order valence-electron chi connectivity index (χ4n) is 3.07. The fourth-order valence-corrected chi connectivity index (χ4v) is 4.66. The molecule has 0 atom stereocenters. The van der Waals surface area contributed by atoms with Gasteiger partial charge >= 0.3 is 5.97 Å². The van der Waals surface area contributed by atoms with Crippen molar-refractivity contribution in [3.05, 3.63) is 77.9 Å². The lowest BCUT2D eigenvalue weighted by atomic mass is 10.1. The number of hydrogen-bond donors (Lipinski definition) is 2. The lowest BCUT2D eigenvalue weighted by Crippen LogP contribution is -2.05. The third kappa shape index (κ3) is 5.24. The number of Topliss-reactive ketones (excluding diaryl/α,β-unsaturated/α-hetero) is 1. The van der Waals surface area contributed by atoms with E-state index in [9.17, 15) is 18.0 Å². The molecule has 0 aliphatic heterocycles. The minimum atomic E-state index is -3.73. The van der Waals surface area contributed by atoms with Crippen molar-refractivity contribution in [2.45, 2.75) is 10.1 Å². The van der Waals surface area contributed by atoms with Crippen molar-refractivity contribution in [2.24, 2.45) is 0 Å². The van der Waals surface area contributed by atoms with E-state index in [1.807, 2.05) is 24.3 Å². The molecule has 0 fully saturated rings. The van der Waals surface area contributed by atoms with Gasteiger partial charge in [0.15, 0.2) is 20.8 Å². The van der Waals surface area contributed by atoms with Crippen molar-refractivity contribution >= 4 is 44.4 Å². The number of carbonyl (C=O) groups excluding carboxylic acids is 1. The molecule has 0 bridgehead atoms. The monoisotopic (exact) mass is 482 g/mol. The number of aromatic nitrogens is 2. The standard InChI is InChI=1S/C23H18N2O6S2/c1-33(29,30)21-12-15(22(27)28)8-11-20(21)31-16-9-6-14(7-10-16)19(26)13-32-23-24-17-4-2-3-5-18(17)25-23/h2-12H,13H2,1H3,(H,24,25)(H,27,28). The number of hydrogen-bond acceptors (Lipinski definition) is 7. The molecule has 1 heterocycles. The number of imidazole rings is 1. The molecule has 10 heteroatoms. The van der Waals surface area contributed by atoms with Gasteiger partial charge in [-0.1, -0.05) is 23.9 Å². The first-order chi connectivity index (χ1) is 15.7. The predicted octanol–water partition coefficient (Wildman–Crippen LogP) is 4.43. The summed E-state index contributed by atoms with van der Waals surface area (Å²) in [6.07, 6.45) is 0.974. The molecule has 4 rings (SSSR count). The Morgan fingerprint density at radius 2 is 1.73 bits per heavy atom. The van der Waals surface area contributed by atoms with Gasteiger partial charge in [-0.2, -0.15) is 0 Å². The molecule has 1 aromatic heterocycles. The Kier molecular flexibility index (Phi) is 6.21. The molecular formula is C23H18N2O6S2. The van der Waals surface area contributed by atoms with Crippen LogP contribution in [0.5, 0.6) is 11.5 Å². The summed E-state index contributed by atoms with van der Waals surface area (Å²) in [5.74, 6) is -0.842. The van der Waals surface area contributed by atoms with E-state index >= 15 is 0 Å². The van der Waals surface area contributed by atoms with Crippen LogP contribution < -0.4 is 4.74 Å². The molecule has 2 N–H and O–H groups in total. The zero-order chi connectivity index (χ0) is 23.6. The summed E-state index contributed by atoms with van der Waals surface area (Å²) in [5.41, 5.74) is 2.04. The number of rotatable bonds is 8. The van der Waals surface area contributed by atoms with E-state index in [-0.39, 0.29) is 27.7 Å². The van der Waals surface area contributed by atoms with Gasteiger partial charge in [-0.05, 0) is 54.6 Å². The maximum Gasteiger partial charge on any atom is 0.335 e. The molecule has 3 aromatic carbocycles. The number of aromatic carboxylic acids is 1. The van der Waals surface area contributed by atoms with Crippen LogP contribution in [0.2, 0.25) is 0 Å². The van der Waals surface area contributed by atoms with E-state index in [0.29, 0.717) is 16.5 Å². The van der Waals surface area contributed by atoms with E-state index in [1.165, 1.54) is 23.9 Å². The third-order valence-corrected chi connectivity index (χ3v) is 6.69. The topological polar surface area (TPSA) is 126 Å². The number of carboxylic acid groups (broad SMARTS) is 1. The number of aromatic amines is 1. The minimum absolute atomic E-state index is 0.00187. The molecule has 8 nitrogen and oxygen atoms in total. The Morgan fingerprint density at radius 3 is 2.39 bits per heavy atom. The number of carboxylic acids is 1. The second-order valence-electron chi connectivity index (χ2n) is 7.14. The number of thioether (sulfide) groups is 1. The van der Waals surface area contributed by atoms with Crippen LogP contribution in [0.4, 0.5) is 0 Å². The average Bonchev–Trinajstić information content (AvgIpc) is 3.20. The molecule has 0 aliphatic carbocycles. The molecule has 33 heavy (non-hydrogen) atoms. The van der Waals surface area contributed by atoms with Gasteiger partial charge in [-0.15, -0.1) is 0 Å². The summed E-state index contributed by atoms with van der Waals surface area (Å²) in [7, 11) is -3.73. The number of ketones is 1. The number of nitrogens with one attached hydrogen (secondary N) is 1. The van der Waals surface area contributed by atoms with E-state index in [0.717, 1.165) is 23.4 Å². The number of ether oxygens (including phenoxy) is 1. The Labute approximate surface area is 193 Å². The van der Waals surface area contributed by atoms with Crippen LogP contribution in [-0.2, 0) is 9.84 Å². The number of benzene rings is 3. The van der Waals surface area contributed by atoms with Gasteiger partial charge in [0.1, 0.15) is 16.4 Å². The molecule has 0 spiro atoms. The van der Waals surface area contributed by atoms with Crippen molar-refractivity contribution in [1.29, 1.82) is 0 Å². The van der Waals surface area contributed by atoms with Crippen LogP contribution in [0.25, 0.3) is 11.0 Å². The van der Waals surface area contributed by atoms with Gasteiger partial charge in [-0.3, -0.25) is 4.79 Å².